The molecule has 0 radical (unpaired) electrons. The topological polar surface area (TPSA) is 133 Å². The van der Waals surface area contributed by atoms with Crippen molar-refractivity contribution < 1.29 is 23.1 Å². The van der Waals surface area contributed by atoms with Gasteiger partial charge in [0.05, 0.1) is 23.9 Å². The number of aromatic nitrogens is 5. The molecule has 3 aromatic heterocycles. The largest absolute Gasteiger partial charge is 0.486 e. The number of nitrogens with one attached hydrogen (secondary N) is 1. The van der Waals surface area contributed by atoms with E-state index in [0.29, 0.717) is 5.52 Å². The van der Waals surface area contributed by atoms with Crippen molar-refractivity contribution in [3.63, 3.8) is 0 Å². The molecule has 188 valence electrons. The first-order valence-corrected chi connectivity index (χ1v) is 12.1. The normalized spacial score (nSPS) is 11.1. The zero-order chi connectivity index (χ0) is 25.9. The number of unbranched alkanes of at least 4 members (excludes halogenated alkanes) is 1. The van der Waals surface area contributed by atoms with E-state index in [4.69, 9.17) is 13.9 Å². The first kappa shape index (κ1) is 24.3. The van der Waals surface area contributed by atoms with Gasteiger partial charge in [0.25, 0.3) is 29.1 Å². The lowest BCUT2D eigenvalue weighted by Crippen LogP contribution is -2.16. The highest BCUT2D eigenvalue weighted by Crippen LogP contribution is 2.30. The Bertz CT molecular complexity index is 1640. The SMILES string of the molecule is CCCCOc1c(-c2nnc(C(=O)c3nc4ccc(-c5ccc(F)cc5)cc4s3)o2)nc(OC)[nH]c1=O. The summed E-state index contributed by atoms with van der Waals surface area (Å²) in [7, 11) is 1.34. The van der Waals surface area contributed by atoms with E-state index in [1.165, 1.54) is 19.2 Å². The van der Waals surface area contributed by atoms with Gasteiger partial charge in [-0.25, -0.2) is 9.37 Å². The van der Waals surface area contributed by atoms with E-state index in [0.717, 1.165) is 40.0 Å². The summed E-state index contributed by atoms with van der Waals surface area (Å²) in [6, 6.07) is 11.6. The molecule has 1 N–H and O–H groups in total. The van der Waals surface area contributed by atoms with Crippen molar-refractivity contribution in [3.8, 4) is 34.5 Å². The molecule has 10 nitrogen and oxygen atoms in total. The smallest absolute Gasteiger partial charge is 0.297 e. The third-order valence-electron chi connectivity index (χ3n) is 5.37. The second-order valence-corrected chi connectivity index (χ2v) is 8.94. The van der Waals surface area contributed by atoms with Crippen molar-refractivity contribution >= 4 is 27.3 Å². The number of aromatic amines is 1. The number of carbonyl (C=O) groups excluding carboxylic acids is 1. The number of ether oxygens (including phenoxy) is 2. The average molecular weight is 522 g/mol. The van der Waals surface area contributed by atoms with Crippen molar-refractivity contribution in [2.24, 2.45) is 0 Å². The Kier molecular flexibility index (Phi) is 6.73. The molecule has 3 heterocycles. The number of hydrogen-bond acceptors (Lipinski definition) is 10. The average Bonchev–Trinajstić information content (AvgIpc) is 3.57. The number of benzene rings is 2. The third-order valence-corrected chi connectivity index (χ3v) is 6.39. The van der Waals surface area contributed by atoms with Crippen LogP contribution in [0.25, 0.3) is 32.9 Å². The van der Waals surface area contributed by atoms with Crippen molar-refractivity contribution in [2.45, 2.75) is 19.8 Å². The van der Waals surface area contributed by atoms with Gasteiger partial charge in [-0.05, 0) is 41.8 Å². The lowest BCUT2D eigenvalue weighted by Gasteiger charge is -2.08. The van der Waals surface area contributed by atoms with Gasteiger partial charge >= 0.3 is 0 Å². The van der Waals surface area contributed by atoms with E-state index in [-0.39, 0.29) is 46.7 Å². The molecule has 0 atom stereocenters. The Hall–Kier alpha value is -4.45. The lowest BCUT2D eigenvalue weighted by molar-refractivity contribution is 0.100. The minimum atomic E-state index is -0.577. The van der Waals surface area contributed by atoms with E-state index < -0.39 is 11.3 Å². The lowest BCUT2D eigenvalue weighted by atomic mass is 10.1. The first-order valence-electron chi connectivity index (χ1n) is 11.3. The Labute approximate surface area is 213 Å². The van der Waals surface area contributed by atoms with Gasteiger partial charge in [-0.3, -0.25) is 14.6 Å². The number of nitrogens with zero attached hydrogens (tertiary/aromatic N) is 4. The highest BCUT2D eigenvalue weighted by atomic mass is 32.1. The summed E-state index contributed by atoms with van der Waals surface area (Å²) >= 11 is 1.16. The predicted molar refractivity (Wildman–Crippen MR) is 134 cm³/mol. The van der Waals surface area contributed by atoms with Crippen LogP contribution in [0, 0.1) is 5.82 Å². The maximum absolute atomic E-state index is 13.3. The van der Waals surface area contributed by atoms with E-state index in [2.05, 4.69) is 25.1 Å². The Morgan fingerprint density at radius 1 is 1.11 bits per heavy atom. The Morgan fingerprint density at radius 3 is 2.65 bits per heavy atom. The van der Waals surface area contributed by atoms with Crippen LogP contribution in [0.2, 0.25) is 0 Å². The van der Waals surface area contributed by atoms with Crippen LogP contribution in [-0.2, 0) is 0 Å². The summed E-state index contributed by atoms with van der Waals surface area (Å²) in [6.07, 6.45) is 1.59. The van der Waals surface area contributed by atoms with Crippen LogP contribution in [0.1, 0.15) is 35.5 Å². The molecule has 5 aromatic rings. The molecular weight excluding hydrogens is 501 g/mol. The van der Waals surface area contributed by atoms with Gasteiger partial charge in [0, 0.05) is 0 Å². The van der Waals surface area contributed by atoms with E-state index >= 15 is 0 Å². The number of rotatable bonds is 9. The minimum absolute atomic E-state index is 0.0310. The van der Waals surface area contributed by atoms with E-state index in [1.54, 1.807) is 18.2 Å². The fourth-order valence-corrected chi connectivity index (χ4v) is 4.42. The number of hydrogen-bond donors (Lipinski definition) is 1. The molecule has 0 amide bonds. The molecule has 5 rings (SSSR count). The maximum atomic E-state index is 13.3. The molecule has 0 saturated carbocycles. The quantitative estimate of drug-likeness (QED) is 0.217. The van der Waals surface area contributed by atoms with Gasteiger partial charge in [-0.15, -0.1) is 21.5 Å². The molecule has 0 aliphatic carbocycles. The highest BCUT2D eigenvalue weighted by molar-refractivity contribution is 7.20. The molecular formula is C25H20FN5O5S. The summed E-state index contributed by atoms with van der Waals surface area (Å²) in [4.78, 5) is 36.6. The van der Waals surface area contributed by atoms with Crippen molar-refractivity contribution in [1.29, 1.82) is 0 Å². The van der Waals surface area contributed by atoms with Crippen LogP contribution in [0.4, 0.5) is 4.39 Å². The molecule has 0 bridgehead atoms. The maximum Gasteiger partial charge on any atom is 0.297 e. The molecule has 12 heteroatoms. The number of carbonyl (C=O) groups is 1. The van der Waals surface area contributed by atoms with Gasteiger partial charge in [-0.1, -0.05) is 31.5 Å². The molecule has 0 spiro atoms. The number of H-pyrrole nitrogens is 1. The number of methoxy groups -OCH3 is 1. The van der Waals surface area contributed by atoms with Crippen molar-refractivity contribution in [2.75, 3.05) is 13.7 Å². The molecule has 0 unspecified atom stereocenters. The molecule has 2 aromatic carbocycles. The summed E-state index contributed by atoms with van der Waals surface area (Å²) in [5.41, 5.74) is 1.71. The first-order chi connectivity index (χ1) is 18.0. The fourth-order valence-electron chi connectivity index (χ4n) is 3.48. The van der Waals surface area contributed by atoms with Crippen LogP contribution < -0.4 is 15.0 Å². The summed E-state index contributed by atoms with van der Waals surface area (Å²) in [5, 5.41) is 7.91. The van der Waals surface area contributed by atoms with E-state index in [9.17, 15) is 14.0 Å². The van der Waals surface area contributed by atoms with Gasteiger partial charge in [-0.2, -0.15) is 4.98 Å². The van der Waals surface area contributed by atoms with Gasteiger partial charge < -0.3 is 13.9 Å². The summed E-state index contributed by atoms with van der Waals surface area (Å²) < 4.78 is 30.3. The molecule has 0 fully saturated rings. The standard InChI is InChI=1S/C25H20FN5O5S/c1-3-4-11-35-20-18(28-25(34-2)29-21(20)33)22-30-31-23(36-22)19(32)24-27-16-10-7-14(12-17(16)37-24)13-5-8-15(26)9-6-13/h5-10,12H,3-4,11H2,1-2H3,(H,28,29,33). The Morgan fingerprint density at radius 2 is 1.89 bits per heavy atom. The van der Waals surface area contributed by atoms with Gasteiger partial charge in [0.1, 0.15) is 5.82 Å². The fraction of sp³-hybridized carbons (Fsp3) is 0.200. The van der Waals surface area contributed by atoms with Gasteiger partial charge in [0.15, 0.2) is 10.7 Å². The van der Waals surface area contributed by atoms with Crippen molar-refractivity contribution in [1.82, 2.24) is 25.1 Å². The zero-order valence-electron chi connectivity index (χ0n) is 19.8. The second-order valence-electron chi connectivity index (χ2n) is 7.90. The number of thiazole rings is 1. The number of fused-ring (bicyclic) bond motifs is 1. The third kappa shape index (κ3) is 4.96. The number of halogens is 1. The number of ketones is 1. The van der Waals surface area contributed by atoms with Gasteiger partial charge in [0.2, 0.25) is 5.75 Å². The van der Waals surface area contributed by atoms with Crippen LogP contribution in [0.5, 0.6) is 11.8 Å². The Balaban J connectivity index is 1.45. The molecule has 37 heavy (non-hydrogen) atoms. The minimum Gasteiger partial charge on any atom is -0.486 e. The zero-order valence-corrected chi connectivity index (χ0v) is 20.6. The van der Waals surface area contributed by atoms with E-state index in [1.807, 2.05) is 19.1 Å². The molecule has 0 aliphatic rings. The van der Waals surface area contributed by atoms with Crippen molar-refractivity contribution in [3.05, 3.63) is 69.5 Å². The molecule has 0 aliphatic heterocycles. The predicted octanol–water partition coefficient (Wildman–Crippen LogP) is 4.65. The second kappa shape index (κ2) is 10.3. The molecule has 0 saturated heterocycles. The van der Waals surface area contributed by atoms with Crippen LogP contribution in [0.15, 0.2) is 51.7 Å². The van der Waals surface area contributed by atoms with Crippen LogP contribution in [0.3, 0.4) is 0 Å². The monoisotopic (exact) mass is 521 g/mol. The highest BCUT2D eigenvalue weighted by Gasteiger charge is 2.25. The summed E-state index contributed by atoms with van der Waals surface area (Å²) in [5.74, 6) is -1.48. The summed E-state index contributed by atoms with van der Waals surface area (Å²) in [6.45, 7) is 2.27. The van der Waals surface area contributed by atoms with Crippen LogP contribution in [-0.4, -0.2) is 44.6 Å². The van der Waals surface area contributed by atoms with Crippen LogP contribution >= 0.6 is 11.3 Å².